The molecule has 24 heteroatoms. The summed E-state index contributed by atoms with van der Waals surface area (Å²) in [4.78, 5) is 113. The molecule has 0 bridgehead atoms. The molecule has 1 atom stereocenters. The molecule has 1 aliphatic heterocycles. The summed E-state index contributed by atoms with van der Waals surface area (Å²) in [5, 5.41) is 6.79. The lowest BCUT2D eigenvalue weighted by molar-refractivity contribution is -0.156. The third-order valence-electron chi connectivity index (χ3n) is 11.1. The minimum absolute atomic E-state index is 0.0226. The van der Waals surface area contributed by atoms with Crippen molar-refractivity contribution in [2.24, 2.45) is 5.41 Å². The van der Waals surface area contributed by atoms with Crippen molar-refractivity contribution in [1.82, 2.24) is 30.3 Å². The molecular weight excluding hydrogens is 1030 g/mol. The second kappa shape index (κ2) is 30.9. The Morgan fingerprint density at radius 3 is 2.01 bits per heavy atom. The molecule has 1 aromatic heterocycles. The number of alkyl carbamates (subject to hydrolysis) is 1. The number of halogens is 2. The number of carbonyl (C=O) groups is 9. The molecule has 2 aromatic carbocycles. The summed E-state index contributed by atoms with van der Waals surface area (Å²) in [6.45, 7) is 13.4. The van der Waals surface area contributed by atoms with Gasteiger partial charge in [0.1, 0.15) is 18.2 Å². The van der Waals surface area contributed by atoms with Gasteiger partial charge in [-0.15, -0.1) is 0 Å². The minimum Gasteiger partial charge on any atom is -0.450 e. The lowest BCUT2D eigenvalue weighted by Crippen LogP contribution is -2.48. The van der Waals surface area contributed by atoms with Gasteiger partial charge in [0.2, 0.25) is 17.7 Å². The fourth-order valence-electron chi connectivity index (χ4n) is 7.39. The van der Waals surface area contributed by atoms with Crippen LogP contribution in [0.15, 0.2) is 72.9 Å². The molecule has 0 saturated heterocycles. The number of amides is 9. The number of aromatic nitrogens is 1. The van der Waals surface area contributed by atoms with Gasteiger partial charge >= 0.3 is 17.9 Å². The number of hydrogen-bond donors (Lipinski definition) is 3. The predicted molar refractivity (Wildman–Crippen MR) is 279 cm³/mol. The predicted octanol–water partition coefficient (Wildman–Crippen LogP) is 4.78. The Balaban J connectivity index is 1.23. The van der Waals surface area contributed by atoms with E-state index in [9.17, 15) is 47.5 Å². The molecule has 0 fully saturated rings. The van der Waals surface area contributed by atoms with Crippen LogP contribution in [0, 0.1) is 17.0 Å². The molecule has 0 unspecified atom stereocenters. The largest absolute Gasteiger partial charge is 0.450 e. The zero-order chi connectivity index (χ0) is 55.8. The van der Waals surface area contributed by atoms with Gasteiger partial charge in [0.15, 0.2) is 0 Å². The maximum atomic E-state index is 15.3. The van der Waals surface area contributed by atoms with Gasteiger partial charge in [-0.05, 0) is 41.3 Å². The first-order valence-corrected chi connectivity index (χ1v) is 29.5. The van der Waals surface area contributed by atoms with Crippen molar-refractivity contribution in [1.29, 1.82) is 0 Å². The van der Waals surface area contributed by atoms with Crippen molar-refractivity contribution < 1.29 is 75.6 Å². The Hall–Kier alpha value is -6.44. The zero-order valence-electron chi connectivity index (χ0n) is 43.7. The van der Waals surface area contributed by atoms with Gasteiger partial charge in [0, 0.05) is 81.5 Å². The summed E-state index contributed by atoms with van der Waals surface area (Å²) >= 11 is 1.23. The van der Waals surface area contributed by atoms with Gasteiger partial charge in [-0.2, -0.15) is 11.8 Å². The smallest absolute Gasteiger partial charge is 0.413 e. The average Bonchev–Trinajstić information content (AvgIpc) is 3.91. The molecule has 0 saturated carbocycles. The normalized spacial score (nSPS) is 12.9. The third kappa shape index (κ3) is 21.7. The first-order chi connectivity index (χ1) is 36.0. The van der Waals surface area contributed by atoms with Crippen LogP contribution in [0.3, 0.4) is 0 Å². The van der Waals surface area contributed by atoms with Crippen molar-refractivity contribution >= 4 is 73.2 Å². The maximum absolute atomic E-state index is 15.3. The van der Waals surface area contributed by atoms with Gasteiger partial charge < -0.3 is 38.5 Å². The maximum Gasteiger partial charge on any atom is 0.413 e. The topological polar surface area (TPSA) is 247 Å². The van der Waals surface area contributed by atoms with Crippen molar-refractivity contribution in [3.05, 3.63) is 95.8 Å². The third-order valence-corrected chi connectivity index (χ3v) is 13.7. The lowest BCUT2D eigenvalue weighted by atomic mass is 9.83. The van der Waals surface area contributed by atoms with Crippen molar-refractivity contribution in [3.63, 3.8) is 0 Å². The summed E-state index contributed by atoms with van der Waals surface area (Å²) < 4.78 is 58.4. The highest BCUT2D eigenvalue weighted by Crippen LogP contribution is 2.41. The Morgan fingerprint density at radius 1 is 0.750 bits per heavy atom. The van der Waals surface area contributed by atoms with Crippen LogP contribution in [0.1, 0.15) is 50.9 Å². The fraction of sp³-hybridized carbons (Fsp3) is 0.481. The van der Waals surface area contributed by atoms with Crippen LogP contribution < -0.4 is 16.0 Å². The van der Waals surface area contributed by atoms with Crippen molar-refractivity contribution in [2.45, 2.75) is 71.9 Å². The summed E-state index contributed by atoms with van der Waals surface area (Å²) in [7, 11) is -1.51. The SMILES string of the molecule is CC(C)(C)[C@H](c1cc(-c2cc(F)ccc2F)cn1Cc1ccccc1)N(CCC(=O)NC(=O)OCC[Si](C)(C)C)C(=O)CSCCC(=O)NCCOCCOCCOCCOCC(=O)NC(=O)C(=O)N1C(=O)C=CC1=O. The number of ether oxygens (including phenoxy) is 5. The van der Waals surface area contributed by atoms with Gasteiger partial charge in [-0.1, -0.05) is 70.7 Å². The quantitative estimate of drug-likeness (QED) is 0.0352. The standard InChI is InChI=1S/C52H68F2N6O14SSi/c1-52(2,3)48(41-30-37(39-31-38(53)12-13-40(39)54)33-58(41)32-36-10-8-7-9-11-36)59(19-16-43(62)57-51(69)74-27-29-76(4,5)6)47(66)35-75-28-17-42(61)55-18-20-70-21-22-71-23-24-72-25-26-73-34-44(63)56-49(67)50(68)60-45(64)14-15-46(60)65/h7-15,30-31,33,48H,16-29,32,34-35H2,1-6H3,(H,55,61)(H,56,63,67)(H,57,62,69)/t48-/m0/s1. The molecule has 9 amide bonds. The van der Waals surface area contributed by atoms with E-state index in [1.807, 2.05) is 55.7 Å². The van der Waals surface area contributed by atoms with Crippen LogP contribution in [-0.4, -0.2) is 160 Å². The van der Waals surface area contributed by atoms with E-state index in [-0.39, 0.29) is 113 Å². The van der Waals surface area contributed by atoms with Crippen LogP contribution in [0.5, 0.6) is 0 Å². The lowest BCUT2D eigenvalue weighted by Gasteiger charge is -2.41. The van der Waals surface area contributed by atoms with Gasteiger partial charge in [-0.3, -0.25) is 49.0 Å². The molecule has 3 aromatic rings. The first kappa shape index (κ1) is 62.1. The molecule has 3 N–H and O–H groups in total. The Labute approximate surface area is 445 Å². The summed E-state index contributed by atoms with van der Waals surface area (Å²) in [6.07, 6.45) is 2.34. The number of nitrogens with one attached hydrogen (secondary N) is 3. The van der Waals surface area contributed by atoms with Crippen molar-refractivity contribution in [3.8, 4) is 11.1 Å². The molecular formula is C52H68F2N6O14SSi. The van der Waals surface area contributed by atoms with Crippen LogP contribution in [0.25, 0.3) is 11.1 Å². The van der Waals surface area contributed by atoms with Crippen LogP contribution >= 0.6 is 11.8 Å². The number of imide groups is 5. The van der Waals surface area contributed by atoms with Gasteiger partial charge in [0.25, 0.3) is 17.7 Å². The van der Waals surface area contributed by atoms with Crippen LogP contribution in [-0.2, 0) is 68.6 Å². The zero-order valence-corrected chi connectivity index (χ0v) is 45.6. The highest BCUT2D eigenvalue weighted by molar-refractivity contribution is 7.99. The highest BCUT2D eigenvalue weighted by atomic mass is 32.2. The summed E-state index contributed by atoms with van der Waals surface area (Å²) in [5.74, 6) is -8.14. The molecule has 20 nitrogen and oxygen atoms in total. The number of rotatable bonds is 30. The number of hydrogen-bond acceptors (Lipinski definition) is 15. The first-order valence-electron chi connectivity index (χ1n) is 24.6. The Bertz CT molecular complexity index is 2520. The fourth-order valence-corrected chi connectivity index (χ4v) is 8.92. The number of nitrogens with zero attached hydrogens (tertiary/aromatic N) is 3. The van der Waals surface area contributed by atoms with E-state index < -0.39 is 79.3 Å². The van der Waals surface area contributed by atoms with Crippen LogP contribution in [0.4, 0.5) is 13.6 Å². The molecule has 1 aliphatic rings. The van der Waals surface area contributed by atoms with E-state index in [0.717, 1.165) is 35.9 Å². The van der Waals surface area contributed by atoms with Crippen LogP contribution in [0.2, 0.25) is 25.7 Å². The minimum atomic E-state index is -1.51. The molecule has 414 valence electrons. The molecule has 76 heavy (non-hydrogen) atoms. The van der Waals surface area contributed by atoms with E-state index in [2.05, 4.69) is 30.3 Å². The second-order valence-corrected chi connectivity index (χ2v) is 26.3. The number of thioether (sulfide) groups is 1. The summed E-state index contributed by atoms with van der Waals surface area (Å²) in [5.41, 5.74) is 1.26. The van der Waals surface area contributed by atoms with Crippen molar-refractivity contribution in [2.75, 3.05) is 84.1 Å². The number of benzene rings is 2. The Morgan fingerprint density at radius 2 is 1.38 bits per heavy atom. The van der Waals surface area contributed by atoms with E-state index in [0.29, 0.717) is 23.8 Å². The van der Waals surface area contributed by atoms with E-state index in [1.54, 1.807) is 22.5 Å². The summed E-state index contributed by atoms with van der Waals surface area (Å²) in [6, 6.07) is 14.5. The average molecular weight is 1100 g/mol. The number of carbonyl (C=O) groups excluding carboxylic acids is 9. The Kier molecular flexibility index (Phi) is 25.3. The second-order valence-electron chi connectivity index (χ2n) is 19.6. The van der Waals surface area contributed by atoms with E-state index in [4.69, 9.17) is 23.7 Å². The van der Waals surface area contributed by atoms with E-state index >= 15 is 4.39 Å². The molecule has 0 spiro atoms. The molecule has 0 aliphatic carbocycles. The van der Waals surface area contributed by atoms with Gasteiger partial charge in [-0.25, -0.2) is 18.5 Å². The monoisotopic (exact) mass is 1100 g/mol. The molecule has 4 rings (SSSR count). The van der Waals surface area contributed by atoms with Gasteiger partial charge in [0.05, 0.1) is 64.6 Å². The molecule has 2 heterocycles. The highest BCUT2D eigenvalue weighted by Gasteiger charge is 2.38. The molecule has 0 radical (unpaired) electrons. The van der Waals surface area contributed by atoms with E-state index in [1.165, 1.54) is 11.8 Å².